The highest BCUT2D eigenvalue weighted by Crippen LogP contribution is 2.20. The summed E-state index contributed by atoms with van der Waals surface area (Å²) < 4.78 is 0. The SMILES string of the molecule is N=Cc1ccc(NC(=O)C#Cc2ccccc2)cc1O. The summed E-state index contributed by atoms with van der Waals surface area (Å²) in [6.45, 7) is 0. The molecular weight excluding hydrogens is 252 g/mol. The molecule has 2 aromatic carbocycles. The van der Waals surface area contributed by atoms with E-state index in [9.17, 15) is 9.90 Å². The van der Waals surface area contributed by atoms with Crippen LogP contribution in [0.5, 0.6) is 5.75 Å². The summed E-state index contributed by atoms with van der Waals surface area (Å²) >= 11 is 0. The summed E-state index contributed by atoms with van der Waals surface area (Å²) in [4.78, 5) is 11.6. The van der Waals surface area contributed by atoms with E-state index < -0.39 is 5.91 Å². The lowest BCUT2D eigenvalue weighted by molar-refractivity contribution is -0.111. The largest absolute Gasteiger partial charge is 0.507 e. The molecule has 3 N–H and O–H groups in total. The Bertz CT molecular complexity index is 697. The number of nitrogens with one attached hydrogen (secondary N) is 2. The maximum absolute atomic E-state index is 11.6. The van der Waals surface area contributed by atoms with E-state index in [-0.39, 0.29) is 5.75 Å². The van der Waals surface area contributed by atoms with Crippen molar-refractivity contribution in [1.29, 1.82) is 5.41 Å². The van der Waals surface area contributed by atoms with Gasteiger partial charge in [-0.15, -0.1) is 0 Å². The lowest BCUT2D eigenvalue weighted by atomic mass is 10.2. The molecule has 0 spiro atoms. The van der Waals surface area contributed by atoms with E-state index in [1.165, 1.54) is 6.07 Å². The predicted octanol–water partition coefficient (Wildman–Crippen LogP) is 2.38. The highest BCUT2D eigenvalue weighted by Gasteiger charge is 2.02. The maximum Gasteiger partial charge on any atom is 0.300 e. The van der Waals surface area contributed by atoms with Crippen LogP contribution in [0.25, 0.3) is 0 Å². The van der Waals surface area contributed by atoms with Gasteiger partial charge in [-0.25, -0.2) is 0 Å². The first kappa shape index (κ1) is 13.4. The van der Waals surface area contributed by atoms with Gasteiger partial charge in [-0.3, -0.25) is 4.79 Å². The molecule has 0 aliphatic carbocycles. The first-order valence-electron chi connectivity index (χ1n) is 5.90. The molecule has 4 heteroatoms. The minimum Gasteiger partial charge on any atom is -0.507 e. The summed E-state index contributed by atoms with van der Waals surface area (Å²) in [5.74, 6) is 4.69. The molecular formula is C16H12N2O2. The van der Waals surface area contributed by atoms with Gasteiger partial charge in [0.25, 0.3) is 0 Å². The van der Waals surface area contributed by atoms with Crippen LogP contribution in [-0.2, 0) is 4.79 Å². The predicted molar refractivity (Wildman–Crippen MR) is 77.9 cm³/mol. The first-order chi connectivity index (χ1) is 9.69. The van der Waals surface area contributed by atoms with Crippen molar-refractivity contribution in [1.82, 2.24) is 0 Å². The van der Waals surface area contributed by atoms with Crippen LogP contribution in [0, 0.1) is 17.3 Å². The van der Waals surface area contributed by atoms with E-state index in [4.69, 9.17) is 5.41 Å². The topological polar surface area (TPSA) is 73.2 Å². The van der Waals surface area contributed by atoms with Crippen molar-refractivity contribution >= 4 is 17.8 Å². The van der Waals surface area contributed by atoms with Gasteiger partial charge >= 0.3 is 5.91 Å². The number of hydrogen-bond acceptors (Lipinski definition) is 3. The molecule has 0 unspecified atom stereocenters. The molecule has 0 bridgehead atoms. The molecule has 0 aliphatic heterocycles. The van der Waals surface area contributed by atoms with Crippen molar-refractivity contribution in [2.45, 2.75) is 0 Å². The fourth-order valence-corrected chi connectivity index (χ4v) is 1.56. The second kappa shape index (κ2) is 6.21. The number of amides is 1. The lowest BCUT2D eigenvalue weighted by Crippen LogP contribution is -2.08. The summed E-state index contributed by atoms with van der Waals surface area (Å²) in [6, 6.07) is 13.7. The molecule has 0 aromatic heterocycles. The summed E-state index contributed by atoms with van der Waals surface area (Å²) in [5, 5.41) is 19.2. The Kier molecular flexibility index (Phi) is 4.15. The van der Waals surface area contributed by atoms with Gasteiger partial charge in [-0.1, -0.05) is 24.1 Å². The quantitative estimate of drug-likeness (QED) is 0.575. The fraction of sp³-hybridized carbons (Fsp3) is 0. The lowest BCUT2D eigenvalue weighted by Gasteiger charge is -2.03. The Balaban J connectivity index is 2.07. The molecule has 4 nitrogen and oxygen atoms in total. The maximum atomic E-state index is 11.6. The van der Waals surface area contributed by atoms with Crippen LogP contribution in [0.1, 0.15) is 11.1 Å². The molecule has 1 amide bonds. The van der Waals surface area contributed by atoms with E-state index in [1.54, 1.807) is 12.1 Å². The monoisotopic (exact) mass is 264 g/mol. The number of aromatic hydroxyl groups is 1. The molecule has 0 radical (unpaired) electrons. The Labute approximate surface area is 116 Å². The van der Waals surface area contributed by atoms with Gasteiger partial charge in [-0.05, 0) is 24.3 Å². The number of rotatable bonds is 2. The van der Waals surface area contributed by atoms with Gasteiger partial charge in [0.1, 0.15) is 5.75 Å². The standard InChI is InChI=1S/C16H12N2O2/c17-11-13-7-8-14(10-15(13)19)18-16(20)9-6-12-4-2-1-3-5-12/h1-5,7-8,10-11,17,19H,(H,18,20). The Hall–Kier alpha value is -3.06. The smallest absolute Gasteiger partial charge is 0.300 e. The molecule has 2 aromatic rings. The molecule has 0 saturated heterocycles. The number of carbonyl (C=O) groups excluding carboxylic acids is 1. The van der Waals surface area contributed by atoms with Gasteiger partial charge in [0.15, 0.2) is 0 Å². The van der Waals surface area contributed by atoms with Crippen molar-refractivity contribution in [3.63, 3.8) is 0 Å². The number of carbonyl (C=O) groups is 1. The highest BCUT2D eigenvalue weighted by atomic mass is 16.3. The minimum atomic E-state index is -0.462. The second-order valence-corrected chi connectivity index (χ2v) is 3.99. The van der Waals surface area contributed by atoms with Gasteiger partial charge in [-0.2, -0.15) is 0 Å². The zero-order chi connectivity index (χ0) is 14.4. The molecule has 0 atom stereocenters. The number of hydrogen-bond donors (Lipinski definition) is 3. The van der Waals surface area contributed by atoms with Crippen LogP contribution in [0.4, 0.5) is 5.69 Å². The first-order valence-corrected chi connectivity index (χ1v) is 5.90. The highest BCUT2D eigenvalue weighted by molar-refractivity contribution is 6.04. The zero-order valence-electron chi connectivity index (χ0n) is 10.6. The summed E-state index contributed by atoms with van der Waals surface area (Å²) in [6.07, 6.45) is 1.04. The zero-order valence-corrected chi connectivity index (χ0v) is 10.6. The molecule has 0 saturated carbocycles. The number of phenols is 1. The van der Waals surface area contributed by atoms with Crippen LogP contribution >= 0.6 is 0 Å². The fourth-order valence-electron chi connectivity index (χ4n) is 1.56. The van der Waals surface area contributed by atoms with Gasteiger partial charge < -0.3 is 15.8 Å². The summed E-state index contributed by atoms with van der Waals surface area (Å²) in [5.41, 5.74) is 1.57. The van der Waals surface area contributed by atoms with Crippen molar-refractivity contribution in [2.75, 3.05) is 5.32 Å². The van der Waals surface area contributed by atoms with Crippen LogP contribution < -0.4 is 5.32 Å². The summed E-state index contributed by atoms with van der Waals surface area (Å²) in [7, 11) is 0. The third-order valence-corrected chi connectivity index (χ3v) is 2.54. The van der Waals surface area contributed by atoms with E-state index in [2.05, 4.69) is 17.2 Å². The van der Waals surface area contributed by atoms with Crippen LogP contribution in [0.3, 0.4) is 0 Å². The Morgan fingerprint density at radius 3 is 2.60 bits per heavy atom. The van der Waals surface area contributed by atoms with Crippen molar-refractivity contribution in [3.8, 4) is 17.6 Å². The van der Waals surface area contributed by atoms with Gasteiger partial charge in [0, 0.05) is 35.0 Å². The second-order valence-electron chi connectivity index (χ2n) is 3.99. The van der Waals surface area contributed by atoms with Crippen molar-refractivity contribution in [3.05, 3.63) is 59.7 Å². The van der Waals surface area contributed by atoms with Gasteiger partial charge in [0.2, 0.25) is 0 Å². The Morgan fingerprint density at radius 2 is 1.95 bits per heavy atom. The molecule has 2 rings (SSSR count). The third kappa shape index (κ3) is 3.47. The molecule has 0 heterocycles. The van der Waals surface area contributed by atoms with E-state index in [0.717, 1.165) is 11.8 Å². The molecule has 20 heavy (non-hydrogen) atoms. The van der Waals surface area contributed by atoms with Crippen molar-refractivity contribution in [2.24, 2.45) is 0 Å². The molecule has 0 fully saturated rings. The van der Waals surface area contributed by atoms with Crippen molar-refractivity contribution < 1.29 is 9.90 Å². The Morgan fingerprint density at radius 1 is 1.20 bits per heavy atom. The van der Waals surface area contributed by atoms with E-state index in [1.807, 2.05) is 30.3 Å². The third-order valence-electron chi connectivity index (χ3n) is 2.54. The minimum absolute atomic E-state index is 0.0613. The average Bonchev–Trinajstić information content (AvgIpc) is 2.46. The van der Waals surface area contributed by atoms with Gasteiger partial charge in [0.05, 0.1) is 0 Å². The number of benzene rings is 2. The average molecular weight is 264 g/mol. The normalized spacial score (nSPS) is 9.20. The number of phenolic OH excluding ortho intramolecular Hbond substituents is 1. The van der Waals surface area contributed by atoms with Crippen LogP contribution in [0.15, 0.2) is 48.5 Å². The van der Waals surface area contributed by atoms with Crippen LogP contribution in [0.2, 0.25) is 0 Å². The molecule has 98 valence electrons. The van der Waals surface area contributed by atoms with Crippen LogP contribution in [-0.4, -0.2) is 17.2 Å². The van der Waals surface area contributed by atoms with E-state index in [0.29, 0.717) is 11.3 Å². The molecule has 0 aliphatic rings. The van der Waals surface area contributed by atoms with E-state index >= 15 is 0 Å². The number of anilines is 1.